The highest BCUT2D eigenvalue weighted by Gasteiger charge is 2.18. The van der Waals surface area contributed by atoms with Gasteiger partial charge in [-0.25, -0.2) is 4.39 Å². The SMILES string of the molecule is FC1CCCCC1=NCc1ccccc1. The number of alkyl halides is 1. The Hall–Kier alpha value is -1.18. The molecule has 0 spiro atoms. The van der Waals surface area contributed by atoms with Gasteiger partial charge in [0.25, 0.3) is 0 Å². The summed E-state index contributed by atoms with van der Waals surface area (Å²) in [7, 11) is 0. The maximum atomic E-state index is 13.4. The third-order valence-corrected chi connectivity index (χ3v) is 2.81. The number of nitrogens with zero attached hydrogens (tertiary/aromatic N) is 1. The van der Waals surface area contributed by atoms with E-state index in [1.165, 1.54) is 0 Å². The molecule has 1 unspecified atom stereocenters. The Morgan fingerprint density at radius 1 is 1.20 bits per heavy atom. The lowest BCUT2D eigenvalue weighted by Crippen LogP contribution is -2.20. The molecule has 0 bridgehead atoms. The first-order valence-corrected chi connectivity index (χ1v) is 5.57. The molecule has 1 nitrogen and oxygen atoms in total. The second kappa shape index (κ2) is 5.06. The average Bonchev–Trinajstić information content (AvgIpc) is 2.29. The van der Waals surface area contributed by atoms with E-state index in [2.05, 4.69) is 4.99 Å². The molecule has 0 radical (unpaired) electrons. The second-order valence-electron chi connectivity index (χ2n) is 4.01. The van der Waals surface area contributed by atoms with Crippen molar-refractivity contribution >= 4 is 5.71 Å². The topological polar surface area (TPSA) is 12.4 Å². The van der Waals surface area contributed by atoms with Crippen LogP contribution in [-0.4, -0.2) is 11.9 Å². The van der Waals surface area contributed by atoms with Gasteiger partial charge in [-0.15, -0.1) is 0 Å². The summed E-state index contributed by atoms with van der Waals surface area (Å²) in [6.45, 7) is 0.622. The molecule has 2 heteroatoms. The first-order valence-electron chi connectivity index (χ1n) is 5.57. The summed E-state index contributed by atoms with van der Waals surface area (Å²) in [6.07, 6.45) is 2.81. The predicted octanol–water partition coefficient (Wildman–Crippen LogP) is 3.54. The van der Waals surface area contributed by atoms with Crippen LogP contribution in [0.4, 0.5) is 4.39 Å². The molecule has 2 rings (SSSR count). The third-order valence-electron chi connectivity index (χ3n) is 2.81. The normalized spacial score (nSPS) is 24.3. The van der Waals surface area contributed by atoms with Crippen molar-refractivity contribution in [2.45, 2.75) is 38.4 Å². The Kier molecular flexibility index (Phi) is 3.49. The highest BCUT2D eigenvalue weighted by Crippen LogP contribution is 2.19. The molecule has 1 atom stereocenters. The van der Waals surface area contributed by atoms with Gasteiger partial charge in [0.1, 0.15) is 6.17 Å². The molecule has 0 N–H and O–H groups in total. The molecule has 0 aliphatic heterocycles. The van der Waals surface area contributed by atoms with Crippen LogP contribution in [-0.2, 0) is 6.54 Å². The average molecular weight is 205 g/mol. The van der Waals surface area contributed by atoms with Gasteiger partial charge >= 0.3 is 0 Å². The molecule has 1 aromatic rings. The number of rotatable bonds is 2. The van der Waals surface area contributed by atoms with Gasteiger partial charge in [-0.1, -0.05) is 30.3 Å². The van der Waals surface area contributed by atoms with Crippen molar-refractivity contribution < 1.29 is 4.39 Å². The lowest BCUT2D eigenvalue weighted by molar-refractivity contribution is 0.366. The van der Waals surface area contributed by atoms with E-state index in [-0.39, 0.29) is 0 Å². The van der Waals surface area contributed by atoms with Gasteiger partial charge in [-0.05, 0) is 31.2 Å². The van der Waals surface area contributed by atoms with Crippen LogP contribution in [0.3, 0.4) is 0 Å². The maximum Gasteiger partial charge on any atom is 0.138 e. The number of hydrogen-bond donors (Lipinski definition) is 0. The van der Waals surface area contributed by atoms with E-state index in [1.54, 1.807) is 0 Å². The van der Waals surface area contributed by atoms with Gasteiger partial charge < -0.3 is 0 Å². The number of halogens is 1. The van der Waals surface area contributed by atoms with Crippen molar-refractivity contribution in [1.29, 1.82) is 0 Å². The van der Waals surface area contributed by atoms with E-state index in [9.17, 15) is 4.39 Å². The molecule has 1 aliphatic rings. The minimum Gasteiger partial charge on any atom is -0.286 e. The number of benzene rings is 1. The monoisotopic (exact) mass is 205 g/mol. The zero-order chi connectivity index (χ0) is 10.5. The second-order valence-corrected chi connectivity index (χ2v) is 4.01. The molecule has 15 heavy (non-hydrogen) atoms. The fourth-order valence-electron chi connectivity index (χ4n) is 1.91. The van der Waals surface area contributed by atoms with Crippen molar-refractivity contribution in [3.8, 4) is 0 Å². The molecule has 1 fully saturated rings. The van der Waals surface area contributed by atoms with Crippen LogP contribution < -0.4 is 0 Å². The van der Waals surface area contributed by atoms with Crippen LogP contribution >= 0.6 is 0 Å². The first kappa shape index (κ1) is 10.3. The van der Waals surface area contributed by atoms with Gasteiger partial charge in [0.15, 0.2) is 0 Å². The lowest BCUT2D eigenvalue weighted by atomic mass is 9.96. The van der Waals surface area contributed by atoms with E-state index >= 15 is 0 Å². The quantitative estimate of drug-likeness (QED) is 0.700. The van der Waals surface area contributed by atoms with E-state index in [1.807, 2.05) is 30.3 Å². The van der Waals surface area contributed by atoms with E-state index < -0.39 is 6.17 Å². The van der Waals surface area contributed by atoms with Gasteiger partial charge in [0, 0.05) is 5.71 Å². The van der Waals surface area contributed by atoms with E-state index in [4.69, 9.17) is 0 Å². The summed E-state index contributed by atoms with van der Waals surface area (Å²) >= 11 is 0. The largest absolute Gasteiger partial charge is 0.286 e. The Morgan fingerprint density at radius 2 is 2.00 bits per heavy atom. The minimum absolute atomic E-state index is 0.622. The Labute approximate surface area is 90.0 Å². The number of hydrogen-bond acceptors (Lipinski definition) is 1. The molecule has 0 saturated heterocycles. The molecule has 1 aliphatic carbocycles. The molecule has 1 saturated carbocycles. The Bertz CT molecular complexity index is 332. The van der Waals surface area contributed by atoms with Gasteiger partial charge in [0.2, 0.25) is 0 Å². The van der Waals surface area contributed by atoms with Crippen LogP contribution in [0.25, 0.3) is 0 Å². The molecule has 1 aromatic carbocycles. The summed E-state index contributed by atoms with van der Waals surface area (Å²) < 4.78 is 13.4. The molecular weight excluding hydrogens is 189 g/mol. The molecule has 0 heterocycles. The predicted molar refractivity (Wildman–Crippen MR) is 60.9 cm³/mol. The third kappa shape index (κ3) is 2.88. The highest BCUT2D eigenvalue weighted by molar-refractivity contribution is 5.89. The van der Waals surface area contributed by atoms with E-state index in [0.717, 1.165) is 30.5 Å². The smallest absolute Gasteiger partial charge is 0.138 e. The summed E-state index contributed by atoms with van der Waals surface area (Å²) in [5.74, 6) is 0. The van der Waals surface area contributed by atoms with Crippen LogP contribution in [0.5, 0.6) is 0 Å². The van der Waals surface area contributed by atoms with Crippen molar-refractivity contribution in [2.24, 2.45) is 4.99 Å². The lowest BCUT2D eigenvalue weighted by Gasteiger charge is -2.17. The van der Waals surface area contributed by atoms with Gasteiger partial charge in [0.05, 0.1) is 6.54 Å². The van der Waals surface area contributed by atoms with Crippen LogP contribution in [0.2, 0.25) is 0 Å². The fourth-order valence-corrected chi connectivity index (χ4v) is 1.91. The summed E-state index contributed by atoms with van der Waals surface area (Å²) in [5.41, 5.74) is 1.92. The molecule has 0 aromatic heterocycles. The maximum absolute atomic E-state index is 13.4. The first-order chi connectivity index (χ1) is 7.36. The van der Waals surface area contributed by atoms with Crippen molar-refractivity contribution in [3.05, 3.63) is 35.9 Å². The highest BCUT2D eigenvalue weighted by atomic mass is 19.1. The van der Waals surface area contributed by atoms with Crippen molar-refractivity contribution in [3.63, 3.8) is 0 Å². The van der Waals surface area contributed by atoms with Crippen LogP contribution in [0.15, 0.2) is 35.3 Å². The zero-order valence-electron chi connectivity index (χ0n) is 8.82. The van der Waals surface area contributed by atoms with Crippen molar-refractivity contribution in [2.75, 3.05) is 0 Å². The van der Waals surface area contributed by atoms with Crippen molar-refractivity contribution in [1.82, 2.24) is 0 Å². The summed E-state index contributed by atoms with van der Waals surface area (Å²) in [6, 6.07) is 10.0. The summed E-state index contributed by atoms with van der Waals surface area (Å²) in [5, 5.41) is 0. The molecule has 80 valence electrons. The number of aliphatic imine (C=N–C) groups is 1. The van der Waals surface area contributed by atoms with Gasteiger partial charge in [-0.3, -0.25) is 4.99 Å². The van der Waals surface area contributed by atoms with Crippen LogP contribution in [0, 0.1) is 0 Å². The zero-order valence-corrected chi connectivity index (χ0v) is 8.82. The molecule has 0 amide bonds. The minimum atomic E-state index is -0.789. The van der Waals surface area contributed by atoms with Crippen LogP contribution in [0.1, 0.15) is 31.2 Å². The Morgan fingerprint density at radius 3 is 2.73 bits per heavy atom. The Balaban J connectivity index is 1.98. The fraction of sp³-hybridized carbons (Fsp3) is 0.462. The summed E-state index contributed by atoms with van der Waals surface area (Å²) in [4.78, 5) is 4.38. The molecular formula is C13H16FN. The van der Waals surface area contributed by atoms with E-state index in [0.29, 0.717) is 13.0 Å². The standard InChI is InChI=1S/C13H16FN/c14-12-8-4-5-9-13(12)15-10-11-6-2-1-3-7-11/h1-3,6-7,12H,4-5,8-10H2. The van der Waals surface area contributed by atoms with Gasteiger partial charge in [-0.2, -0.15) is 0 Å².